The van der Waals surface area contributed by atoms with Crippen molar-refractivity contribution in [1.82, 2.24) is 0 Å². The van der Waals surface area contributed by atoms with Crippen LogP contribution < -0.4 is 0 Å². The standard InChI is InChI=1S/C9H14FO2P/c1-8(7-10)5-4-6-9(2)13(11)12-3/h4-6,11H,2,7H2,1,3H3/b6-4-,8-5+. The third-order valence-corrected chi connectivity index (χ3v) is 2.29. The molecule has 0 heterocycles. The number of alkyl halides is 1. The van der Waals surface area contributed by atoms with Crippen LogP contribution in [0.1, 0.15) is 6.92 Å². The molecule has 4 heteroatoms. The van der Waals surface area contributed by atoms with Crippen molar-refractivity contribution in [3.63, 3.8) is 0 Å². The van der Waals surface area contributed by atoms with Crippen molar-refractivity contribution in [2.45, 2.75) is 6.92 Å². The molecule has 0 amide bonds. The van der Waals surface area contributed by atoms with Gasteiger partial charge in [-0.1, -0.05) is 24.8 Å². The largest absolute Gasteiger partial charge is 0.346 e. The molecule has 1 unspecified atom stereocenters. The summed E-state index contributed by atoms with van der Waals surface area (Å²) >= 11 is 0. The summed E-state index contributed by atoms with van der Waals surface area (Å²) < 4.78 is 16.6. The van der Waals surface area contributed by atoms with Crippen LogP contribution in [0.4, 0.5) is 4.39 Å². The molecule has 74 valence electrons. The maximum atomic E-state index is 11.9. The van der Waals surface area contributed by atoms with Gasteiger partial charge in [-0.05, 0) is 12.5 Å². The lowest BCUT2D eigenvalue weighted by Crippen LogP contribution is -1.78. The van der Waals surface area contributed by atoms with E-state index < -0.39 is 15.1 Å². The Morgan fingerprint density at radius 2 is 2.31 bits per heavy atom. The van der Waals surface area contributed by atoms with Gasteiger partial charge in [-0.15, -0.1) is 0 Å². The summed E-state index contributed by atoms with van der Waals surface area (Å²) in [5.41, 5.74) is 0.628. The monoisotopic (exact) mass is 204 g/mol. The summed E-state index contributed by atoms with van der Waals surface area (Å²) in [6, 6.07) is 0. The number of hydrogen-bond donors (Lipinski definition) is 1. The Morgan fingerprint density at radius 1 is 1.69 bits per heavy atom. The predicted octanol–water partition coefficient (Wildman–Crippen LogP) is 2.92. The first-order chi connectivity index (χ1) is 6.11. The molecular formula is C9H14FO2P. The van der Waals surface area contributed by atoms with Gasteiger partial charge in [-0.3, -0.25) is 0 Å². The minimum atomic E-state index is -1.58. The summed E-state index contributed by atoms with van der Waals surface area (Å²) in [6.07, 6.45) is 4.88. The Hall–Kier alpha value is -0.500. The van der Waals surface area contributed by atoms with Gasteiger partial charge in [-0.2, -0.15) is 0 Å². The van der Waals surface area contributed by atoms with Crippen LogP contribution in [0.5, 0.6) is 0 Å². The molecular weight excluding hydrogens is 190 g/mol. The first-order valence-corrected chi connectivity index (χ1v) is 4.95. The van der Waals surface area contributed by atoms with E-state index in [1.54, 1.807) is 25.2 Å². The van der Waals surface area contributed by atoms with Crippen molar-refractivity contribution < 1.29 is 13.8 Å². The van der Waals surface area contributed by atoms with Gasteiger partial charge >= 0.3 is 0 Å². The van der Waals surface area contributed by atoms with Gasteiger partial charge < -0.3 is 9.42 Å². The molecule has 0 aliphatic heterocycles. The fourth-order valence-electron chi connectivity index (χ4n) is 0.549. The molecule has 0 aromatic heterocycles. The molecule has 0 rings (SSSR count). The van der Waals surface area contributed by atoms with Crippen molar-refractivity contribution in [3.05, 3.63) is 35.7 Å². The van der Waals surface area contributed by atoms with E-state index in [0.717, 1.165) is 0 Å². The third kappa shape index (κ3) is 5.69. The van der Waals surface area contributed by atoms with Gasteiger partial charge in [0.15, 0.2) is 0 Å². The van der Waals surface area contributed by atoms with Gasteiger partial charge in [0, 0.05) is 12.4 Å². The average Bonchev–Trinajstić information content (AvgIpc) is 2.15. The first kappa shape index (κ1) is 12.5. The second-order valence-corrected chi connectivity index (χ2v) is 3.94. The van der Waals surface area contributed by atoms with Crippen LogP contribution in [0.15, 0.2) is 35.7 Å². The Labute approximate surface area is 79.3 Å². The molecule has 0 spiro atoms. The highest BCUT2D eigenvalue weighted by Crippen LogP contribution is 2.39. The minimum absolute atomic E-state index is 0.463. The number of hydrogen-bond acceptors (Lipinski definition) is 2. The van der Waals surface area contributed by atoms with Crippen molar-refractivity contribution in [1.29, 1.82) is 0 Å². The molecule has 0 aliphatic rings. The number of rotatable bonds is 5. The van der Waals surface area contributed by atoms with Gasteiger partial charge in [0.2, 0.25) is 8.38 Å². The molecule has 13 heavy (non-hydrogen) atoms. The minimum Gasteiger partial charge on any atom is -0.346 e. The Kier molecular flexibility index (Phi) is 6.69. The molecule has 0 saturated carbocycles. The Morgan fingerprint density at radius 3 is 2.77 bits per heavy atom. The number of halogens is 1. The zero-order chi connectivity index (χ0) is 10.3. The van der Waals surface area contributed by atoms with Crippen LogP contribution in [0.25, 0.3) is 0 Å². The SMILES string of the molecule is C=C(/C=C\C=C(/C)CF)P(O)OC. The molecule has 0 fully saturated rings. The topological polar surface area (TPSA) is 29.5 Å². The quantitative estimate of drug-likeness (QED) is 0.551. The van der Waals surface area contributed by atoms with Crippen molar-refractivity contribution >= 4 is 8.38 Å². The van der Waals surface area contributed by atoms with Gasteiger partial charge in [0.1, 0.15) is 6.67 Å². The molecule has 0 aromatic rings. The summed E-state index contributed by atoms with van der Waals surface area (Å²) in [4.78, 5) is 9.15. The van der Waals surface area contributed by atoms with Crippen LogP contribution in [-0.4, -0.2) is 18.7 Å². The molecule has 1 atom stereocenters. The summed E-state index contributed by atoms with van der Waals surface area (Å²) in [5.74, 6) is 0. The zero-order valence-electron chi connectivity index (χ0n) is 7.83. The molecule has 2 nitrogen and oxygen atoms in total. The van der Waals surface area contributed by atoms with E-state index in [4.69, 9.17) is 4.89 Å². The summed E-state index contributed by atoms with van der Waals surface area (Å²) in [5, 5.41) is 0.500. The number of allylic oxidation sites excluding steroid dienone is 5. The van der Waals surface area contributed by atoms with E-state index in [1.165, 1.54) is 7.11 Å². The summed E-state index contributed by atoms with van der Waals surface area (Å²) in [7, 11) is -0.169. The highest BCUT2D eigenvalue weighted by molar-refractivity contribution is 7.51. The lowest BCUT2D eigenvalue weighted by Gasteiger charge is -2.04. The van der Waals surface area contributed by atoms with E-state index in [-0.39, 0.29) is 0 Å². The second kappa shape index (κ2) is 6.96. The zero-order valence-corrected chi connectivity index (χ0v) is 8.72. The third-order valence-electron chi connectivity index (χ3n) is 1.30. The van der Waals surface area contributed by atoms with Crippen molar-refractivity contribution in [3.8, 4) is 0 Å². The second-order valence-electron chi connectivity index (χ2n) is 2.45. The summed E-state index contributed by atoms with van der Waals surface area (Å²) in [6.45, 7) is 4.81. The van der Waals surface area contributed by atoms with E-state index in [1.807, 2.05) is 0 Å². The Balaban J connectivity index is 4.05. The van der Waals surface area contributed by atoms with Crippen molar-refractivity contribution in [2.75, 3.05) is 13.8 Å². The van der Waals surface area contributed by atoms with Crippen LogP contribution in [0, 0.1) is 0 Å². The van der Waals surface area contributed by atoms with Gasteiger partial charge in [0.05, 0.1) is 0 Å². The van der Waals surface area contributed by atoms with E-state index in [9.17, 15) is 4.39 Å². The molecule has 1 N–H and O–H groups in total. The molecule has 0 radical (unpaired) electrons. The van der Waals surface area contributed by atoms with Crippen LogP contribution in [-0.2, 0) is 4.52 Å². The van der Waals surface area contributed by atoms with Gasteiger partial charge in [-0.25, -0.2) is 4.39 Å². The highest BCUT2D eigenvalue weighted by atomic mass is 31.2. The van der Waals surface area contributed by atoms with Crippen LogP contribution in [0.2, 0.25) is 0 Å². The lowest BCUT2D eigenvalue weighted by atomic mass is 10.3. The van der Waals surface area contributed by atoms with E-state index >= 15 is 0 Å². The molecule has 0 aromatic carbocycles. The van der Waals surface area contributed by atoms with E-state index in [0.29, 0.717) is 10.9 Å². The smallest absolute Gasteiger partial charge is 0.201 e. The molecule has 0 bridgehead atoms. The fraction of sp³-hybridized carbons (Fsp3) is 0.333. The fourth-order valence-corrected chi connectivity index (χ4v) is 0.997. The van der Waals surface area contributed by atoms with Crippen LogP contribution >= 0.6 is 8.38 Å². The predicted molar refractivity (Wildman–Crippen MR) is 54.2 cm³/mol. The lowest BCUT2D eigenvalue weighted by molar-refractivity contribution is 0.398. The average molecular weight is 204 g/mol. The Bertz CT molecular complexity index is 224. The first-order valence-electron chi connectivity index (χ1n) is 3.73. The molecule has 0 aliphatic carbocycles. The van der Waals surface area contributed by atoms with Gasteiger partial charge in [0.25, 0.3) is 0 Å². The maximum absolute atomic E-state index is 11.9. The van der Waals surface area contributed by atoms with Crippen molar-refractivity contribution in [2.24, 2.45) is 0 Å². The normalized spacial score (nSPS) is 14.9. The molecule has 0 saturated heterocycles. The van der Waals surface area contributed by atoms with Crippen LogP contribution in [0.3, 0.4) is 0 Å². The highest BCUT2D eigenvalue weighted by Gasteiger charge is 2.02. The maximum Gasteiger partial charge on any atom is 0.201 e. The van der Waals surface area contributed by atoms with E-state index in [2.05, 4.69) is 11.1 Å².